The Morgan fingerprint density at radius 3 is 1.92 bits per heavy atom. The van der Waals surface area contributed by atoms with Crippen molar-refractivity contribution in [3.8, 4) is 22.3 Å². The summed E-state index contributed by atoms with van der Waals surface area (Å²) in [5.41, 5.74) is 3.37. The molecular weight excluding hydrogens is 510 g/mol. The van der Waals surface area contributed by atoms with Gasteiger partial charge >= 0.3 is 0 Å². The van der Waals surface area contributed by atoms with Crippen LogP contribution in [0.2, 0.25) is 0 Å². The second-order valence-electron chi connectivity index (χ2n) is 9.14. The van der Waals surface area contributed by atoms with Crippen molar-refractivity contribution in [1.82, 2.24) is 0 Å². The predicted molar refractivity (Wildman–Crippen MR) is 145 cm³/mol. The second kappa shape index (κ2) is 12.7. The van der Waals surface area contributed by atoms with E-state index >= 15 is 0 Å². The minimum atomic E-state index is -2.70. The topological polar surface area (TPSA) is 0 Å². The van der Waals surface area contributed by atoms with Crippen molar-refractivity contribution < 1.29 is 26.3 Å². The van der Waals surface area contributed by atoms with Crippen LogP contribution in [0.3, 0.4) is 0 Å². The largest absolute Gasteiger partial charge is 0.257 e. The van der Waals surface area contributed by atoms with Crippen molar-refractivity contribution in [2.75, 3.05) is 0 Å². The van der Waals surface area contributed by atoms with Gasteiger partial charge in [-0.2, -0.15) is 0 Å². The molecule has 0 aromatic heterocycles. The fraction of sp³-hybridized carbons (Fsp3) is 0.152. The molecule has 0 saturated carbocycles. The molecule has 0 saturated heterocycles. The van der Waals surface area contributed by atoms with Gasteiger partial charge in [-0.15, -0.1) is 0 Å². The average molecular weight is 537 g/mol. The lowest BCUT2D eigenvalue weighted by molar-refractivity contribution is 0.204. The highest BCUT2D eigenvalue weighted by atomic mass is 19.3. The summed E-state index contributed by atoms with van der Waals surface area (Å²) in [5.74, 6) is -2.89. The molecule has 0 aliphatic carbocycles. The minimum Gasteiger partial charge on any atom is -0.207 e. The van der Waals surface area contributed by atoms with Gasteiger partial charge in [0.05, 0.1) is 0 Å². The Kier molecular flexibility index (Phi) is 9.07. The molecule has 0 bridgehead atoms. The van der Waals surface area contributed by atoms with E-state index in [9.17, 15) is 26.3 Å². The third-order valence-corrected chi connectivity index (χ3v) is 6.33. The third kappa shape index (κ3) is 7.08. The SMILES string of the molecule is CCCc1ccc(-c2ccc(-c3ccc(/C=C/c4cc(F)c(C/C=C/C(F)F)c(F)c4)c(F)c3)c(F)c2)cc1. The second-order valence-corrected chi connectivity index (χ2v) is 9.14. The highest BCUT2D eigenvalue weighted by Gasteiger charge is 2.12. The zero-order valence-electron chi connectivity index (χ0n) is 21.2. The summed E-state index contributed by atoms with van der Waals surface area (Å²) in [5, 5.41) is 0. The van der Waals surface area contributed by atoms with E-state index in [1.165, 1.54) is 35.9 Å². The lowest BCUT2D eigenvalue weighted by Crippen LogP contribution is -1.96. The van der Waals surface area contributed by atoms with Gasteiger partial charge in [0.25, 0.3) is 6.43 Å². The first-order chi connectivity index (χ1) is 18.7. The van der Waals surface area contributed by atoms with Crippen LogP contribution in [0.25, 0.3) is 34.4 Å². The van der Waals surface area contributed by atoms with Gasteiger partial charge in [0.2, 0.25) is 0 Å². The Bertz CT molecular complexity index is 1480. The maximum absolute atomic E-state index is 15.0. The summed E-state index contributed by atoms with van der Waals surface area (Å²) in [6, 6.07) is 19.1. The lowest BCUT2D eigenvalue weighted by Gasteiger charge is -2.09. The Morgan fingerprint density at radius 2 is 1.31 bits per heavy atom. The minimum absolute atomic E-state index is 0.138. The Labute approximate surface area is 224 Å². The molecule has 0 nitrogen and oxygen atoms in total. The van der Waals surface area contributed by atoms with E-state index in [1.807, 2.05) is 24.3 Å². The molecule has 0 unspecified atom stereocenters. The number of halogens is 6. The third-order valence-electron chi connectivity index (χ3n) is 6.33. The van der Waals surface area contributed by atoms with Crippen LogP contribution in [0, 0.1) is 23.3 Å². The zero-order chi connectivity index (χ0) is 27.9. The van der Waals surface area contributed by atoms with E-state index in [2.05, 4.69) is 6.92 Å². The number of alkyl halides is 2. The fourth-order valence-corrected chi connectivity index (χ4v) is 4.30. The molecule has 0 N–H and O–H groups in total. The summed E-state index contributed by atoms with van der Waals surface area (Å²) >= 11 is 0. The van der Waals surface area contributed by atoms with Crippen LogP contribution in [0.4, 0.5) is 26.3 Å². The number of allylic oxidation sites excluding steroid dienone is 2. The molecule has 6 heteroatoms. The van der Waals surface area contributed by atoms with E-state index in [0.29, 0.717) is 11.6 Å². The molecule has 200 valence electrons. The van der Waals surface area contributed by atoms with Crippen molar-refractivity contribution in [2.24, 2.45) is 0 Å². The molecule has 4 rings (SSSR count). The first-order valence-corrected chi connectivity index (χ1v) is 12.5. The Balaban J connectivity index is 1.51. The van der Waals surface area contributed by atoms with E-state index in [1.54, 1.807) is 18.2 Å². The van der Waals surface area contributed by atoms with Gasteiger partial charge in [0.1, 0.15) is 23.3 Å². The van der Waals surface area contributed by atoms with Crippen molar-refractivity contribution in [3.63, 3.8) is 0 Å². The van der Waals surface area contributed by atoms with Gasteiger partial charge in [0.15, 0.2) is 0 Å². The zero-order valence-corrected chi connectivity index (χ0v) is 21.2. The first-order valence-electron chi connectivity index (χ1n) is 12.5. The van der Waals surface area contributed by atoms with Gasteiger partial charge in [0, 0.05) is 16.7 Å². The first kappa shape index (κ1) is 28.0. The summed E-state index contributed by atoms with van der Waals surface area (Å²) in [4.78, 5) is 0. The van der Waals surface area contributed by atoms with Crippen LogP contribution in [-0.2, 0) is 12.8 Å². The van der Waals surface area contributed by atoms with Crippen LogP contribution in [0.5, 0.6) is 0 Å². The molecule has 0 spiro atoms. The maximum Gasteiger partial charge on any atom is 0.257 e. The van der Waals surface area contributed by atoms with Crippen molar-refractivity contribution in [1.29, 1.82) is 0 Å². The van der Waals surface area contributed by atoms with Crippen LogP contribution in [-0.4, -0.2) is 6.43 Å². The van der Waals surface area contributed by atoms with E-state index < -0.39 is 29.7 Å². The molecule has 0 aliphatic rings. The molecule has 0 amide bonds. The molecule has 0 radical (unpaired) electrons. The Hall–Kier alpha value is -4.06. The number of benzene rings is 4. The smallest absolute Gasteiger partial charge is 0.207 e. The number of hydrogen-bond acceptors (Lipinski definition) is 0. The van der Waals surface area contributed by atoms with Crippen LogP contribution in [0.15, 0.2) is 84.9 Å². The van der Waals surface area contributed by atoms with Crippen molar-refractivity contribution >= 4 is 12.2 Å². The molecular formula is C33H26F6. The fourth-order valence-electron chi connectivity index (χ4n) is 4.30. The molecule has 0 aliphatic heterocycles. The molecule has 0 fully saturated rings. The number of rotatable bonds is 9. The van der Waals surface area contributed by atoms with Crippen LogP contribution in [0.1, 0.15) is 35.6 Å². The highest BCUT2D eigenvalue weighted by Crippen LogP contribution is 2.30. The molecule has 0 heterocycles. The van der Waals surface area contributed by atoms with Crippen molar-refractivity contribution in [3.05, 3.63) is 130 Å². The normalized spacial score (nSPS) is 11.8. The van der Waals surface area contributed by atoms with Gasteiger partial charge in [-0.25, -0.2) is 26.3 Å². The van der Waals surface area contributed by atoms with Gasteiger partial charge in [-0.1, -0.05) is 80.1 Å². The highest BCUT2D eigenvalue weighted by molar-refractivity contribution is 5.74. The summed E-state index contributed by atoms with van der Waals surface area (Å²) in [7, 11) is 0. The number of aryl methyl sites for hydroxylation is 1. The molecule has 0 atom stereocenters. The van der Waals surface area contributed by atoms with Crippen LogP contribution < -0.4 is 0 Å². The van der Waals surface area contributed by atoms with E-state index in [0.717, 1.165) is 42.2 Å². The van der Waals surface area contributed by atoms with Crippen molar-refractivity contribution in [2.45, 2.75) is 32.6 Å². The standard InChI is InChI=1S/C33H26F6/c1-2-4-21-7-10-23(11-8-21)25-15-16-27(32(37)19-25)26-14-13-24(29(34)20-26)12-9-22-17-30(35)28(31(36)18-22)5-3-6-33(38)39/h3,6-20,33H,2,4-5H2,1H3/b6-3+,12-9+. The summed E-state index contributed by atoms with van der Waals surface area (Å²) in [6.45, 7) is 2.11. The Morgan fingerprint density at radius 1 is 0.667 bits per heavy atom. The quantitative estimate of drug-likeness (QED) is 0.113. The van der Waals surface area contributed by atoms with E-state index in [-0.39, 0.29) is 28.7 Å². The van der Waals surface area contributed by atoms with Gasteiger partial charge in [-0.3, -0.25) is 0 Å². The number of hydrogen-bond donors (Lipinski definition) is 0. The predicted octanol–water partition coefficient (Wildman–Crippen LogP) is 10.1. The lowest BCUT2D eigenvalue weighted by atomic mass is 9.97. The van der Waals surface area contributed by atoms with E-state index in [4.69, 9.17) is 0 Å². The molecule has 4 aromatic carbocycles. The molecule has 39 heavy (non-hydrogen) atoms. The summed E-state index contributed by atoms with van der Waals surface area (Å²) in [6.07, 6.45) is 3.26. The van der Waals surface area contributed by atoms with Gasteiger partial charge in [-0.05, 0) is 71.0 Å². The summed E-state index contributed by atoms with van der Waals surface area (Å²) < 4.78 is 82.9. The average Bonchev–Trinajstić information content (AvgIpc) is 2.90. The van der Waals surface area contributed by atoms with Gasteiger partial charge < -0.3 is 0 Å². The van der Waals surface area contributed by atoms with Crippen LogP contribution >= 0.6 is 0 Å². The monoisotopic (exact) mass is 536 g/mol. The maximum atomic E-state index is 15.0. The molecule has 4 aromatic rings.